The van der Waals surface area contributed by atoms with Crippen LogP contribution in [0.5, 0.6) is 0 Å². The topological polar surface area (TPSA) is 0 Å². The maximum Gasteiger partial charge on any atom is 0.0448 e. The number of rotatable bonds is 3. The summed E-state index contributed by atoms with van der Waals surface area (Å²) in [7, 11) is 0. The van der Waals surface area contributed by atoms with Crippen LogP contribution in [0.15, 0.2) is 158 Å². The van der Waals surface area contributed by atoms with Gasteiger partial charge in [0.2, 0.25) is 0 Å². The van der Waals surface area contributed by atoms with E-state index in [1.165, 1.54) is 95.3 Å². The lowest BCUT2D eigenvalue weighted by Crippen LogP contribution is -1.91. The third kappa shape index (κ3) is 3.84. The van der Waals surface area contributed by atoms with Crippen LogP contribution in [0.4, 0.5) is 0 Å². The molecule has 0 N–H and O–H groups in total. The van der Waals surface area contributed by atoms with E-state index >= 15 is 0 Å². The molecule has 46 heavy (non-hydrogen) atoms. The summed E-state index contributed by atoms with van der Waals surface area (Å²) in [5.74, 6) is 0. The van der Waals surface area contributed by atoms with Crippen molar-refractivity contribution >= 4 is 84.6 Å². The molecule has 0 aliphatic heterocycles. The lowest BCUT2D eigenvalue weighted by molar-refractivity contribution is 1.63. The Labute approximate surface area is 274 Å². The second-order valence-electron chi connectivity index (χ2n) is 12.0. The number of thiophene rings is 2. The number of hydrogen-bond acceptors (Lipinski definition) is 2. The van der Waals surface area contributed by atoms with Crippen LogP contribution in [-0.4, -0.2) is 0 Å². The van der Waals surface area contributed by atoms with E-state index in [4.69, 9.17) is 0 Å². The van der Waals surface area contributed by atoms with Gasteiger partial charge in [-0.25, -0.2) is 0 Å². The van der Waals surface area contributed by atoms with Crippen molar-refractivity contribution in [3.05, 3.63) is 158 Å². The van der Waals surface area contributed by atoms with Gasteiger partial charge in [-0.2, -0.15) is 0 Å². The number of fused-ring (bicyclic) bond motifs is 9. The zero-order valence-electron chi connectivity index (χ0n) is 24.8. The molecule has 0 spiro atoms. The number of benzene rings is 8. The highest BCUT2D eigenvalue weighted by Crippen LogP contribution is 2.46. The fraction of sp³-hybridized carbons (Fsp3) is 0. The predicted molar refractivity (Wildman–Crippen MR) is 204 cm³/mol. The van der Waals surface area contributed by atoms with Gasteiger partial charge in [0.15, 0.2) is 0 Å². The zero-order chi connectivity index (χ0) is 30.2. The first-order valence-electron chi connectivity index (χ1n) is 15.7. The molecule has 0 fully saturated rings. The van der Waals surface area contributed by atoms with Gasteiger partial charge in [0.25, 0.3) is 0 Å². The molecule has 2 aromatic heterocycles. The molecule has 8 aromatic carbocycles. The Morgan fingerprint density at radius 2 is 0.848 bits per heavy atom. The molecule has 214 valence electrons. The molecule has 0 aliphatic rings. The van der Waals surface area contributed by atoms with Gasteiger partial charge in [0.05, 0.1) is 0 Å². The lowest BCUT2D eigenvalue weighted by atomic mass is 9.85. The molecule has 0 amide bonds. The van der Waals surface area contributed by atoms with Gasteiger partial charge in [0, 0.05) is 40.3 Å². The predicted octanol–water partition coefficient (Wildman–Crippen LogP) is 13.7. The minimum Gasteiger partial charge on any atom is -0.135 e. The summed E-state index contributed by atoms with van der Waals surface area (Å²) >= 11 is 3.82. The minimum atomic E-state index is 1.24. The molecule has 0 saturated carbocycles. The average molecular weight is 619 g/mol. The Balaban J connectivity index is 1.17. The summed E-state index contributed by atoms with van der Waals surface area (Å²) < 4.78 is 5.45. The quantitative estimate of drug-likeness (QED) is 0.173. The molecule has 0 nitrogen and oxygen atoms in total. The highest BCUT2D eigenvalue weighted by molar-refractivity contribution is 7.29. The van der Waals surface area contributed by atoms with E-state index in [9.17, 15) is 0 Å². The van der Waals surface area contributed by atoms with Crippen LogP contribution < -0.4 is 0 Å². The molecule has 0 saturated heterocycles. The first kappa shape index (κ1) is 26.0. The molecule has 0 radical (unpaired) electrons. The van der Waals surface area contributed by atoms with Gasteiger partial charge in [-0.1, -0.05) is 133 Å². The molecule has 2 heterocycles. The molecule has 0 atom stereocenters. The summed E-state index contributed by atoms with van der Waals surface area (Å²) in [4.78, 5) is 0. The van der Waals surface area contributed by atoms with E-state index in [1.807, 2.05) is 22.7 Å². The van der Waals surface area contributed by atoms with Crippen LogP contribution in [0.2, 0.25) is 0 Å². The Bertz CT molecular complexity index is 2740. The van der Waals surface area contributed by atoms with E-state index in [0.717, 1.165) is 0 Å². The maximum absolute atomic E-state index is 2.40. The fourth-order valence-electron chi connectivity index (χ4n) is 7.43. The van der Waals surface area contributed by atoms with Gasteiger partial charge in [-0.15, -0.1) is 22.7 Å². The largest absolute Gasteiger partial charge is 0.135 e. The fourth-order valence-corrected chi connectivity index (χ4v) is 9.91. The SMILES string of the molecule is c1ccc(-c2c3ccccc3c(-c3cccc(-c4ccc5c(c4)sc4ccc6c7ccccc7sc6c45)c3)c3ccccc23)cc1. The maximum atomic E-state index is 2.40. The van der Waals surface area contributed by atoms with Crippen LogP contribution in [0.3, 0.4) is 0 Å². The van der Waals surface area contributed by atoms with Gasteiger partial charge in [0.1, 0.15) is 0 Å². The molecule has 0 bridgehead atoms. The molecule has 10 aromatic rings. The second kappa shape index (κ2) is 10.1. The van der Waals surface area contributed by atoms with E-state index in [1.54, 1.807) is 0 Å². The average Bonchev–Trinajstić information content (AvgIpc) is 3.69. The molecule has 0 aliphatic carbocycles. The van der Waals surface area contributed by atoms with E-state index in [-0.39, 0.29) is 0 Å². The third-order valence-electron chi connectivity index (χ3n) is 9.46. The highest BCUT2D eigenvalue weighted by Gasteiger charge is 2.17. The zero-order valence-corrected chi connectivity index (χ0v) is 26.5. The monoisotopic (exact) mass is 618 g/mol. The summed E-state index contributed by atoms with van der Waals surface area (Å²) in [5, 5.41) is 10.6. The van der Waals surface area contributed by atoms with Gasteiger partial charge >= 0.3 is 0 Å². The molecule has 10 rings (SSSR count). The minimum absolute atomic E-state index is 1.24. The summed E-state index contributed by atoms with van der Waals surface area (Å²) in [6.45, 7) is 0. The first-order chi connectivity index (χ1) is 22.8. The van der Waals surface area contributed by atoms with Crippen LogP contribution >= 0.6 is 22.7 Å². The highest BCUT2D eigenvalue weighted by atomic mass is 32.1. The normalized spacial score (nSPS) is 11.9. The molecular formula is C44H26S2. The molecular weight excluding hydrogens is 593 g/mol. The van der Waals surface area contributed by atoms with Crippen molar-refractivity contribution in [1.29, 1.82) is 0 Å². The van der Waals surface area contributed by atoms with Crippen LogP contribution in [0.1, 0.15) is 0 Å². The first-order valence-corrected chi connectivity index (χ1v) is 17.3. The van der Waals surface area contributed by atoms with E-state index < -0.39 is 0 Å². The van der Waals surface area contributed by atoms with Crippen molar-refractivity contribution < 1.29 is 0 Å². The summed E-state index contributed by atoms with van der Waals surface area (Å²) in [5.41, 5.74) is 7.58. The standard InChI is InChI=1S/C44H26S2/c1-2-11-27(12-3-1)41-32-16-4-6-18-34(32)42(35-19-7-5-17-33(35)41)30-14-10-13-28(25-30)29-21-22-37-40(26-29)45-39-24-23-36-31-15-8-9-20-38(31)46-44(36)43(37)39/h1-26H. The molecule has 0 unspecified atom stereocenters. The van der Waals surface area contributed by atoms with Crippen LogP contribution in [-0.2, 0) is 0 Å². The van der Waals surface area contributed by atoms with Gasteiger partial charge in [-0.05, 0) is 79.2 Å². The van der Waals surface area contributed by atoms with Crippen LogP contribution in [0.25, 0.3) is 95.3 Å². The Morgan fingerprint density at radius 1 is 0.283 bits per heavy atom. The van der Waals surface area contributed by atoms with Crippen molar-refractivity contribution in [3.63, 3.8) is 0 Å². The second-order valence-corrected chi connectivity index (χ2v) is 14.2. The van der Waals surface area contributed by atoms with Gasteiger partial charge < -0.3 is 0 Å². The number of hydrogen-bond donors (Lipinski definition) is 0. The van der Waals surface area contributed by atoms with Crippen molar-refractivity contribution in [2.45, 2.75) is 0 Å². The molecule has 2 heteroatoms. The summed E-state index contributed by atoms with van der Waals surface area (Å²) in [6, 6.07) is 58.2. The van der Waals surface area contributed by atoms with Crippen molar-refractivity contribution in [1.82, 2.24) is 0 Å². The van der Waals surface area contributed by atoms with E-state index in [2.05, 4.69) is 158 Å². The van der Waals surface area contributed by atoms with E-state index in [0.29, 0.717) is 0 Å². The summed E-state index contributed by atoms with van der Waals surface area (Å²) in [6.07, 6.45) is 0. The van der Waals surface area contributed by atoms with Crippen molar-refractivity contribution in [3.8, 4) is 33.4 Å². The van der Waals surface area contributed by atoms with Crippen molar-refractivity contribution in [2.24, 2.45) is 0 Å². The Morgan fingerprint density at radius 3 is 1.59 bits per heavy atom. The van der Waals surface area contributed by atoms with Gasteiger partial charge in [-0.3, -0.25) is 0 Å². The lowest BCUT2D eigenvalue weighted by Gasteiger charge is -2.18. The Hall–Kier alpha value is -5.28. The van der Waals surface area contributed by atoms with Crippen LogP contribution in [0, 0.1) is 0 Å². The third-order valence-corrected chi connectivity index (χ3v) is 11.8. The smallest absolute Gasteiger partial charge is 0.0448 e. The Kier molecular flexibility index (Phi) is 5.72. The van der Waals surface area contributed by atoms with Crippen molar-refractivity contribution in [2.75, 3.05) is 0 Å².